The van der Waals surface area contributed by atoms with E-state index >= 15 is 0 Å². The molecule has 2 aromatic carbocycles. The predicted molar refractivity (Wildman–Crippen MR) is 108 cm³/mol. The summed E-state index contributed by atoms with van der Waals surface area (Å²) >= 11 is 5.43. The molecular weight excluding hydrogens is 328 g/mol. The first-order valence-electron chi connectivity index (χ1n) is 9.01. The van der Waals surface area contributed by atoms with Crippen LogP contribution in [0.3, 0.4) is 0 Å². The Morgan fingerprint density at radius 2 is 1.68 bits per heavy atom. The number of nitrogens with one attached hydrogen (secondary N) is 2. The highest BCUT2D eigenvalue weighted by molar-refractivity contribution is 7.80. The molecular formula is C21H26N2OS. The van der Waals surface area contributed by atoms with Crippen LogP contribution in [0.1, 0.15) is 49.8 Å². The minimum Gasteiger partial charge on any atom is -0.490 e. The fourth-order valence-electron chi connectivity index (χ4n) is 3.12. The summed E-state index contributed by atoms with van der Waals surface area (Å²) in [4.78, 5) is 0. The highest BCUT2D eigenvalue weighted by atomic mass is 32.1. The molecule has 1 atom stereocenters. The van der Waals surface area contributed by atoms with Gasteiger partial charge in [0.15, 0.2) is 5.11 Å². The lowest BCUT2D eigenvalue weighted by Gasteiger charge is -2.18. The Balaban J connectivity index is 1.50. The quantitative estimate of drug-likeness (QED) is 0.708. The SMILES string of the molecule is Cc1ccc([C@H](C)NC(=S)Nc2ccc(OC3CCCC3)cc2)cc1. The first-order chi connectivity index (χ1) is 12.1. The summed E-state index contributed by atoms with van der Waals surface area (Å²) in [6.07, 6.45) is 5.29. The van der Waals surface area contributed by atoms with Crippen LogP contribution < -0.4 is 15.4 Å². The van der Waals surface area contributed by atoms with E-state index in [2.05, 4.69) is 48.7 Å². The van der Waals surface area contributed by atoms with Crippen molar-refractivity contribution < 1.29 is 4.74 Å². The van der Waals surface area contributed by atoms with Crippen molar-refractivity contribution in [3.05, 3.63) is 59.7 Å². The van der Waals surface area contributed by atoms with E-state index in [4.69, 9.17) is 17.0 Å². The van der Waals surface area contributed by atoms with Crippen molar-refractivity contribution in [1.29, 1.82) is 0 Å². The minimum atomic E-state index is 0.158. The molecule has 132 valence electrons. The fourth-order valence-corrected chi connectivity index (χ4v) is 3.41. The Bertz CT molecular complexity index is 691. The Labute approximate surface area is 155 Å². The molecule has 4 heteroatoms. The number of anilines is 1. The second-order valence-electron chi connectivity index (χ2n) is 6.78. The molecule has 2 N–H and O–H groups in total. The minimum absolute atomic E-state index is 0.158. The average molecular weight is 355 g/mol. The summed E-state index contributed by atoms with van der Waals surface area (Å²) in [5, 5.41) is 7.19. The van der Waals surface area contributed by atoms with Crippen molar-refractivity contribution in [1.82, 2.24) is 5.32 Å². The summed E-state index contributed by atoms with van der Waals surface area (Å²) in [6, 6.07) is 16.7. The van der Waals surface area contributed by atoms with Crippen molar-refractivity contribution in [2.24, 2.45) is 0 Å². The number of ether oxygens (including phenoxy) is 1. The van der Waals surface area contributed by atoms with Crippen molar-refractivity contribution in [3.63, 3.8) is 0 Å². The molecule has 0 bridgehead atoms. The lowest BCUT2D eigenvalue weighted by molar-refractivity contribution is 0.210. The zero-order valence-corrected chi connectivity index (χ0v) is 15.7. The molecule has 1 fully saturated rings. The van der Waals surface area contributed by atoms with E-state index in [1.165, 1.54) is 36.8 Å². The zero-order valence-electron chi connectivity index (χ0n) is 14.9. The third-order valence-corrected chi connectivity index (χ3v) is 4.86. The number of rotatable bonds is 5. The van der Waals surface area contributed by atoms with E-state index in [9.17, 15) is 0 Å². The van der Waals surface area contributed by atoms with Crippen LogP contribution in [0.4, 0.5) is 5.69 Å². The van der Waals surface area contributed by atoms with Crippen LogP contribution in [-0.2, 0) is 0 Å². The Morgan fingerprint density at radius 1 is 1.04 bits per heavy atom. The van der Waals surface area contributed by atoms with Gasteiger partial charge in [0, 0.05) is 5.69 Å². The van der Waals surface area contributed by atoms with Gasteiger partial charge in [-0.2, -0.15) is 0 Å². The van der Waals surface area contributed by atoms with Crippen LogP contribution in [0.15, 0.2) is 48.5 Å². The van der Waals surface area contributed by atoms with Gasteiger partial charge in [-0.1, -0.05) is 29.8 Å². The third kappa shape index (κ3) is 5.20. The molecule has 0 unspecified atom stereocenters. The van der Waals surface area contributed by atoms with Gasteiger partial charge in [-0.3, -0.25) is 0 Å². The molecule has 0 radical (unpaired) electrons. The topological polar surface area (TPSA) is 33.3 Å². The predicted octanol–water partition coefficient (Wildman–Crippen LogP) is 5.36. The van der Waals surface area contributed by atoms with E-state index in [0.717, 1.165) is 11.4 Å². The van der Waals surface area contributed by atoms with Gasteiger partial charge < -0.3 is 15.4 Å². The van der Waals surface area contributed by atoms with Gasteiger partial charge in [-0.25, -0.2) is 0 Å². The number of hydrogen-bond acceptors (Lipinski definition) is 2. The van der Waals surface area contributed by atoms with Crippen LogP contribution in [0.2, 0.25) is 0 Å². The maximum atomic E-state index is 5.99. The molecule has 25 heavy (non-hydrogen) atoms. The van der Waals surface area contributed by atoms with Crippen LogP contribution in [0.25, 0.3) is 0 Å². The van der Waals surface area contributed by atoms with Gasteiger partial charge >= 0.3 is 0 Å². The molecule has 1 aliphatic carbocycles. The molecule has 3 nitrogen and oxygen atoms in total. The summed E-state index contributed by atoms with van der Waals surface area (Å²) in [5.74, 6) is 0.935. The van der Waals surface area contributed by atoms with Gasteiger partial charge in [0.2, 0.25) is 0 Å². The Morgan fingerprint density at radius 3 is 2.32 bits per heavy atom. The Kier molecular flexibility index (Phi) is 5.92. The first-order valence-corrected chi connectivity index (χ1v) is 9.42. The maximum Gasteiger partial charge on any atom is 0.171 e. The lowest BCUT2D eigenvalue weighted by Crippen LogP contribution is -2.30. The van der Waals surface area contributed by atoms with Crippen LogP contribution in [0, 0.1) is 6.92 Å². The number of benzene rings is 2. The molecule has 0 spiro atoms. The maximum absolute atomic E-state index is 5.99. The Hall–Kier alpha value is -2.07. The molecule has 2 aromatic rings. The highest BCUT2D eigenvalue weighted by Gasteiger charge is 2.16. The van der Waals surface area contributed by atoms with E-state index in [1.54, 1.807) is 0 Å². The molecule has 1 saturated carbocycles. The zero-order chi connectivity index (χ0) is 17.6. The molecule has 0 saturated heterocycles. The van der Waals surface area contributed by atoms with Crippen molar-refractivity contribution >= 4 is 23.0 Å². The molecule has 3 rings (SSSR count). The molecule has 0 heterocycles. The summed E-state index contributed by atoms with van der Waals surface area (Å²) in [5.41, 5.74) is 3.44. The number of thiocarbonyl (C=S) groups is 1. The molecule has 0 aliphatic heterocycles. The average Bonchev–Trinajstić information content (AvgIpc) is 3.10. The van der Waals surface area contributed by atoms with Gasteiger partial charge in [0.1, 0.15) is 5.75 Å². The van der Waals surface area contributed by atoms with E-state index < -0.39 is 0 Å². The second kappa shape index (κ2) is 8.34. The smallest absolute Gasteiger partial charge is 0.171 e. The van der Waals surface area contributed by atoms with E-state index in [0.29, 0.717) is 11.2 Å². The second-order valence-corrected chi connectivity index (χ2v) is 7.19. The van der Waals surface area contributed by atoms with Crippen molar-refractivity contribution in [2.45, 2.75) is 51.7 Å². The van der Waals surface area contributed by atoms with Gasteiger partial charge in [0.25, 0.3) is 0 Å². The van der Waals surface area contributed by atoms with Gasteiger partial charge in [-0.05, 0) is 81.6 Å². The standard InChI is InChI=1S/C21H26N2OS/c1-15-7-9-17(10-8-15)16(2)22-21(25)23-18-11-13-20(14-12-18)24-19-5-3-4-6-19/h7-14,16,19H,3-6H2,1-2H3,(H2,22,23,25)/t16-/m0/s1. The molecule has 1 aliphatic rings. The largest absolute Gasteiger partial charge is 0.490 e. The summed E-state index contributed by atoms with van der Waals surface area (Å²) in [7, 11) is 0. The van der Waals surface area contributed by atoms with Gasteiger partial charge in [0.05, 0.1) is 12.1 Å². The highest BCUT2D eigenvalue weighted by Crippen LogP contribution is 2.25. The number of hydrogen-bond donors (Lipinski definition) is 2. The normalized spacial score (nSPS) is 15.6. The summed E-state index contributed by atoms with van der Waals surface area (Å²) < 4.78 is 5.99. The van der Waals surface area contributed by atoms with E-state index in [-0.39, 0.29) is 6.04 Å². The lowest BCUT2D eigenvalue weighted by atomic mass is 10.1. The third-order valence-electron chi connectivity index (χ3n) is 4.64. The molecule has 0 amide bonds. The van der Waals surface area contributed by atoms with Crippen LogP contribution in [0.5, 0.6) is 5.75 Å². The summed E-state index contributed by atoms with van der Waals surface area (Å²) in [6.45, 7) is 4.20. The van der Waals surface area contributed by atoms with Crippen LogP contribution in [-0.4, -0.2) is 11.2 Å². The van der Waals surface area contributed by atoms with Gasteiger partial charge in [-0.15, -0.1) is 0 Å². The molecule has 0 aromatic heterocycles. The fraction of sp³-hybridized carbons (Fsp3) is 0.381. The van der Waals surface area contributed by atoms with Crippen LogP contribution >= 0.6 is 12.2 Å². The van der Waals surface area contributed by atoms with E-state index in [1.807, 2.05) is 24.3 Å². The monoisotopic (exact) mass is 354 g/mol. The van der Waals surface area contributed by atoms with Crippen molar-refractivity contribution in [2.75, 3.05) is 5.32 Å². The first kappa shape index (κ1) is 17.7. The van der Waals surface area contributed by atoms with Crippen molar-refractivity contribution in [3.8, 4) is 5.75 Å². The number of aryl methyl sites for hydroxylation is 1.